The minimum atomic E-state index is -4.63. The highest BCUT2D eigenvalue weighted by Gasteiger charge is 2.54. The Balaban J connectivity index is 1.62. The second-order valence-corrected chi connectivity index (χ2v) is 6.16. The first kappa shape index (κ1) is 15.4. The number of fused-ring (bicyclic) bond motifs is 2. The SMILES string of the molecule is O=C(O)[C@@H]1CN(C(=O)NC2CC3CCC2O3)C[C@H]1C(F)(F)F. The summed E-state index contributed by atoms with van der Waals surface area (Å²) in [5.74, 6) is -5.16. The number of nitrogens with one attached hydrogen (secondary N) is 1. The van der Waals surface area contributed by atoms with E-state index >= 15 is 0 Å². The zero-order chi connectivity index (χ0) is 16.1. The van der Waals surface area contributed by atoms with Crippen LogP contribution in [-0.4, -0.2) is 59.5 Å². The number of carbonyl (C=O) groups excluding carboxylic acids is 1. The van der Waals surface area contributed by atoms with Gasteiger partial charge in [-0.25, -0.2) is 4.79 Å². The highest BCUT2D eigenvalue weighted by atomic mass is 19.4. The van der Waals surface area contributed by atoms with Crippen LogP contribution in [0, 0.1) is 11.8 Å². The molecular weight excluding hydrogens is 305 g/mol. The van der Waals surface area contributed by atoms with Crippen LogP contribution in [0.1, 0.15) is 19.3 Å². The maximum absolute atomic E-state index is 12.9. The third kappa shape index (κ3) is 2.73. The molecule has 0 saturated carbocycles. The van der Waals surface area contributed by atoms with E-state index in [0.29, 0.717) is 6.42 Å². The number of likely N-dealkylation sites (tertiary alicyclic amines) is 1. The van der Waals surface area contributed by atoms with E-state index in [4.69, 9.17) is 9.84 Å². The Hall–Kier alpha value is -1.51. The summed E-state index contributed by atoms with van der Waals surface area (Å²) in [6.07, 6.45) is -2.16. The highest BCUT2D eigenvalue weighted by molar-refractivity contribution is 5.78. The van der Waals surface area contributed by atoms with Crippen molar-refractivity contribution in [3.63, 3.8) is 0 Å². The number of hydrogen-bond donors (Lipinski definition) is 2. The molecule has 3 aliphatic rings. The summed E-state index contributed by atoms with van der Waals surface area (Å²) in [7, 11) is 0. The molecule has 0 aromatic rings. The van der Waals surface area contributed by atoms with Crippen molar-refractivity contribution < 1.29 is 32.6 Å². The van der Waals surface area contributed by atoms with Gasteiger partial charge in [-0.3, -0.25) is 4.79 Å². The quantitative estimate of drug-likeness (QED) is 0.801. The fourth-order valence-corrected chi connectivity index (χ4v) is 3.59. The number of carboxylic acids is 1. The van der Waals surface area contributed by atoms with Crippen molar-refractivity contribution in [3.8, 4) is 0 Å². The molecule has 9 heteroatoms. The van der Waals surface area contributed by atoms with E-state index in [1.165, 1.54) is 0 Å². The molecule has 3 rings (SSSR count). The first-order valence-electron chi connectivity index (χ1n) is 7.26. The molecule has 2 bridgehead atoms. The largest absolute Gasteiger partial charge is 0.481 e. The first-order valence-corrected chi connectivity index (χ1v) is 7.26. The lowest BCUT2D eigenvalue weighted by Gasteiger charge is -2.24. The van der Waals surface area contributed by atoms with E-state index in [9.17, 15) is 22.8 Å². The Labute approximate surface area is 124 Å². The van der Waals surface area contributed by atoms with Crippen molar-refractivity contribution in [2.45, 2.75) is 43.7 Å². The van der Waals surface area contributed by atoms with Crippen LogP contribution in [0.25, 0.3) is 0 Å². The van der Waals surface area contributed by atoms with Gasteiger partial charge in [-0.15, -0.1) is 0 Å². The number of aliphatic carboxylic acids is 1. The molecule has 0 aromatic heterocycles. The molecule has 2 N–H and O–H groups in total. The second kappa shape index (κ2) is 5.29. The topological polar surface area (TPSA) is 78.9 Å². The Morgan fingerprint density at radius 3 is 2.41 bits per heavy atom. The van der Waals surface area contributed by atoms with Crippen molar-refractivity contribution in [3.05, 3.63) is 0 Å². The van der Waals surface area contributed by atoms with Gasteiger partial charge in [0.05, 0.1) is 30.1 Å². The summed E-state index contributed by atoms with van der Waals surface area (Å²) in [4.78, 5) is 24.1. The predicted octanol–water partition coefficient (Wildman–Crippen LogP) is 1.21. The van der Waals surface area contributed by atoms with Crippen molar-refractivity contribution in [2.75, 3.05) is 13.1 Å². The van der Waals surface area contributed by atoms with E-state index < -0.39 is 43.1 Å². The van der Waals surface area contributed by atoms with E-state index in [1.54, 1.807) is 0 Å². The molecular formula is C13H17F3N2O4. The van der Waals surface area contributed by atoms with E-state index in [1.807, 2.05) is 0 Å². The highest BCUT2D eigenvalue weighted by Crippen LogP contribution is 2.38. The number of ether oxygens (including phenoxy) is 1. The van der Waals surface area contributed by atoms with Gasteiger partial charge in [0.2, 0.25) is 0 Å². The van der Waals surface area contributed by atoms with Crippen LogP contribution >= 0.6 is 0 Å². The Bertz CT molecular complexity index is 484. The van der Waals surface area contributed by atoms with E-state index in [2.05, 4.69) is 5.32 Å². The molecule has 2 amide bonds. The summed E-state index contributed by atoms with van der Waals surface area (Å²) < 4.78 is 44.3. The molecule has 5 atom stereocenters. The number of carbonyl (C=O) groups is 2. The maximum atomic E-state index is 12.9. The summed E-state index contributed by atoms with van der Waals surface area (Å²) >= 11 is 0. The Kier molecular flexibility index (Phi) is 3.70. The monoisotopic (exact) mass is 322 g/mol. The smallest absolute Gasteiger partial charge is 0.394 e. The van der Waals surface area contributed by atoms with Crippen LogP contribution in [0.4, 0.5) is 18.0 Å². The molecule has 3 saturated heterocycles. The molecule has 3 fully saturated rings. The van der Waals surface area contributed by atoms with Gasteiger partial charge in [-0.05, 0) is 19.3 Å². The van der Waals surface area contributed by atoms with Crippen LogP contribution in [0.15, 0.2) is 0 Å². The van der Waals surface area contributed by atoms with Crippen LogP contribution < -0.4 is 5.32 Å². The summed E-state index contributed by atoms with van der Waals surface area (Å²) in [5.41, 5.74) is 0. The Morgan fingerprint density at radius 1 is 1.23 bits per heavy atom. The average molecular weight is 322 g/mol. The zero-order valence-corrected chi connectivity index (χ0v) is 11.7. The fraction of sp³-hybridized carbons (Fsp3) is 0.846. The van der Waals surface area contributed by atoms with Crippen LogP contribution in [-0.2, 0) is 9.53 Å². The maximum Gasteiger partial charge on any atom is 0.394 e. The van der Waals surface area contributed by atoms with Gasteiger partial charge in [0.15, 0.2) is 0 Å². The molecule has 3 heterocycles. The molecule has 3 unspecified atom stereocenters. The number of hydrogen-bond acceptors (Lipinski definition) is 3. The molecule has 6 nitrogen and oxygen atoms in total. The lowest BCUT2D eigenvalue weighted by atomic mass is 9.96. The molecule has 0 aliphatic carbocycles. The van der Waals surface area contributed by atoms with Crippen LogP contribution in [0.2, 0.25) is 0 Å². The molecule has 22 heavy (non-hydrogen) atoms. The number of rotatable bonds is 2. The second-order valence-electron chi connectivity index (χ2n) is 6.16. The lowest BCUT2D eigenvalue weighted by Crippen LogP contribution is -2.48. The van der Waals surface area contributed by atoms with Gasteiger partial charge < -0.3 is 20.1 Å². The molecule has 3 aliphatic heterocycles. The fourth-order valence-electron chi connectivity index (χ4n) is 3.59. The Morgan fingerprint density at radius 2 is 1.95 bits per heavy atom. The van der Waals surface area contributed by atoms with Crippen molar-refractivity contribution in [2.24, 2.45) is 11.8 Å². The van der Waals surface area contributed by atoms with Crippen LogP contribution in [0.5, 0.6) is 0 Å². The molecule has 0 radical (unpaired) electrons. The van der Waals surface area contributed by atoms with Gasteiger partial charge >= 0.3 is 18.2 Å². The number of nitrogens with zero attached hydrogens (tertiary/aromatic N) is 1. The number of carboxylic acid groups (broad SMARTS) is 1. The van der Waals surface area contributed by atoms with Gasteiger partial charge in [0, 0.05) is 13.1 Å². The first-order chi connectivity index (χ1) is 10.3. The zero-order valence-electron chi connectivity index (χ0n) is 11.7. The van der Waals surface area contributed by atoms with Crippen molar-refractivity contribution in [1.29, 1.82) is 0 Å². The van der Waals surface area contributed by atoms with Gasteiger partial charge in [-0.2, -0.15) is 13.2 Å². The third-order valence-corrected chi connectivity index (χ3v) is 4.76. The van der Waals surface area contributed by atoms with Crippen molar-refractivity contribution in [1.82, 2.24) is 10.2 Å². The minimum Gasteiger partial charge on any atom is -0.481 e. The third-order valence-electron chi connectivity index (χ3n) is 4.76. The molecule has 0 spiro atoms. The minimum absolute atomic E-state index is 0.0785. The van der Waals surface area contributed by atoms with Crippen LogP contribution in [0.3, 0.4) is 0 Å². The van der Waals surface area contributed by atoms with Crippen molar-refractivity contribution >= 4 is 12.0 Å². The number of halogens is 3. The number of alkyl halides is 3. The van der Waals surface area contributed by atoms with Gasteiger partial charge in [0.1, 0.15) is 0 Å². The summed E-state index contributed by atoms with van der Waals surface area (Å²) in [6, 6.07) is -0.835. The number of amides is 2. The van der Waals surface area contributed by atoms with Gasteiger partial charge in [0.25, 0.3) is 0 Å². The molecule has 124 valence electrons. The summed E-state index contributed by atoms with van der Waals surface area (Å²) in [6.45, 7) is -1.04. The van der Waals surface area contributed by atoms with E-state index in [-0.39, 0.29) is 18.2 Å². The number of urea groups is 1. The van der Waals surface area contributed by atoms with Gasteiger partial charge in [-0.1, -0.05) is 0 Å². The average Bonchev–Trinajstić information content (AvgIpc) is 3.12. The normalized spacial score (nSPS) is 37.6. The standard InChI is InChI=1S/C13H17F3N2O4/c14-13(15,16)8-5-18(4-7(8)11(19)20)12(21)17-9-3-6-1-2-10(9)22-6/h6-10H,1-5H2,(H,17,21)(H,19,20)/t6?,7-,8-,9?,10?/m1/s1. The van der Waals surface area contributed by atoms with E-state index in [0.717, 1.165) is 17.7 Å². The summed E-state index contributed by atoms with van der Waals surface area (Å²) in [5, 5.41) is 11.6. The molecule has 0 aromatic carbocycles. The predicted molar refractivity (Wildman–Crippen MR) is 67.1 cm³/mol. The lowest BCUT2D eigenvalue weighted by molar-refractivity contribution is -0.187.